The maximum absolute atomic E-state index is 12.5. The lowest BCUT2D eigenvalue weighted by atomic mass is 10.1. The third kappa shape index (κ3) is 3.54. The Kier molecular flexibility index (Phi) is 5.05. The number of benzene rings is 1. The van der Waals surface area contributed by atoms with Gasteiger partial charge in [0.25, 0.3) is 11.6 Å². The van der Waals surface area contributed by atoms with Crippen LogP contribution in [0.1, 0.15) is 10.4 Å². The molecule has 126 valence electrons. The fourth-order valence-corrected chi connectivity index (χ4v) is 4.04. The lowest BCUT2D eigenvalue weighted by Crippen LogP contribution is -2.37. The maximum Gasteiger partial charge on any atom is 0.284 e. The van der Waals surface area contributed by atoms with Crippen LogP contribution in [0.15, 0.2) is 34.6 Å². The molecule has 1 aliphatic heterocycles. The fraction of sp³-hybridized carbons (Fsp3) is 0.357. The van der Waals surface area contributed by atoms with Crippen LogP contribution in [0.5, 0.6) is 0 Å². The molecule has 0 bridgehead atoms. The highest BCUT2D eigenvalue weighted by molar-refractivity contribution is 7.99. The van der Waals surface area contributed by atoms with Crippen molar-refractivity contribution in [2.45, 2.75) is 10.1 Å². The molecule has 1 saturated heterocycles. The number of nitrogens with zero attached hydrogens (tertiary/aromatic N) is 5. The van der Waals surface area contributed by atoms with Gasteiger partial charge < -0.3 is 9.47 Å². The molecule has 3 rings (SSSR count). The minimum absolute atomic E-state index is 0.0970. The molecular weight excluding hydrogens is 350 g/mol. The Morgan fingerprint density at radius 2 is 2.12 bits per heavy atom. The van der Waals surface area contributed by atoms with Crippen LogP contribution >= 0.6 is 23.5 Å². The van der Waals surface area contributed by atoms with Gasteiger partial charge in [0.2, 0.25) is 0 Å². The Morgan fingerprint density at radius 3 is 2.75 bits per heavy atom. The number of carbonyl (C=O) groups excluding carboxylic acids is 1. The summed E-state index contributed by atoms with van der Waals surface area (Å²) in [4.78, 5) is 25.6. The lowest BCUT2D eigenvalue weighted by molar-refractivity contribution is -0.387. The summed E-state index contributed by atoms with van der Waals surface area (Å²) < 4.78 is 1.68. The molecule has 0 N–H and O–H groups in total. The highest BCUT2D eigenvalue weighted by Crippen LogP contribution is 2.34. The zero-order valence-electron chi connectivity index (χ0n) is 12.9. The summed E-state index contributed by atoms with van der Waals surface area (Å²) in [7, 11) is 1.76. The van der Waals surface area contributed by atoms with Gasteiger partial charge in [0.05, 0.1) is 9.82 Å². The van der Waals surface area contributed by atoms with Crippen LogP contribution in [-0.2, 0) is 7.05 Å². The van der Waals surface area contributed by atoms with Gasteiger partial charge in [-0.05, 0) is 23.9 Å². The van der Waals surface area contributed by atoms with Crippen LogP contribution in [0.25, 0.3) is 0 Å². The molecule has 1 amide bonds. The maximum atomic E-state index is 12.5. The van der Waals surface area contributed by atoms with Crippen LogP contribution in [0.3, 0.4) is 0 Å². The molecule has 0 radical (unpaired) electrons. The van der Waals surface area contributed by atoms with Crippen molar-refractivity contribution in [1.82, 2.24) is 19.7 Å². The highest BCUT2D eigenvalue weighted by atomic mass is 32.2. The number of aryl methyl sites for hydroxylation is 1. The fourth-order valence-electron chi connectivity index (χ4n) is 2.29. The monoisotopic (exact) mass is 365 g/mol. The van der Waals surface area contributed by atoms with Crippen LogP contribution < -0.4 is 0 Å². The second-order valence-corrected chi connectivity index (χ2v) is 7.40. The third-order valence-electron chi connectivity index (χ3n) is 3.57. The van der Waals surface area contributed by atoms with Gasteiger partial charge in [0, 0.05) is 43.3 Å². The Bertz CT molecular complexity index is 774. The van der Waals surface area contributed by atoms with E-state index in [0.717, 1.165) is 23.3 Å². The van der Waals surface area contributed by atoms with Crippen molar-refractivity contribution in [3.05, 3.63) is 40.2 Å². The summed E-state index contributed by atoms with van der Waals surface area (Å²) >= 11 is 2.96. The van der Waals surface area contributed by atoms with E-state index in [1.807, 2.05) is 0 Å². The predicted octanol–water partition coefficient (Wildman–Crippen LogP) is 2.06. The van der Waals surface area contributed by atoms with Crippen molar-refractivity contribution in [1.29, 1.82) is 0 Å². The predicted molar refractivity (Wildman–Crippen MR) is 91.5 cm³/mol. The topological polar surface area (TPSA) is 94.2 Å². The van der Waals surface area contributed by atoms with Crippen molar-refractivity contribution in [2.75, 3.05) is 24.6 Å². The van der Waals surface area contributed by atoms with Gasteiger partial charge in [-0.2, -0.15) is 11.8 Å². The average molecular weight is 365 g/mol. The number of nitro groups is 1. The lowest BCUT2D eigenvalue weighted by Gasteiger charge is -2.26. The number of hydrogen-bond donors (Lipinski definition) is 0. The van der Waals surface area contributed by atoms with Crippen LogP contribution in [0.4, 0.5) is 5.69 Å². The first-order chi connectivity index (χ1) is 11.6. The summed E-state index contributed by atoms with van der Waals surface area (Å²) in [5, 5.41) is 19.6. The quantitative estimate of drug-likeness (QED) is 0.604. The van der Waals surface area contributed by atoms with E-state index in [-0.39, 0.29) is 11.6 Å². The Balaban J connectivity index is 1.88. The second kappa shape index (κ2) is 7.22. The van der Waals surface area contributed by atoms with E-state index in [4.69, 9.17) is 0 Å². The number of nitro benzene ring substituents is 1. The molecule has 24 heavy (non-hydrogen) atoms. The molecule has 1 aromatic heterocycles. The molecule has 1 aliphatic rings. The summed E-state index contributed by atoms with van der Waals surface area (Å²) in [5.74, 6) is 1.63. The Labute approximate surface area is 146 Å². The average Bonchev–Trinajstić information content (AvgIpc) is 3.00. The normalized spacial score (nSPS) is 14.6. The summed E-state index contributed by atoms with van der Waals surface area (Å²) in [5.41, 5.74) is 0.246. The van der Waals surface area contributed by atoms with Crippen molar-refractivity contribution in [2.24, 2.45) is 7.05 Å². The molecule has 1 fully saturated rings. The van der Waals surface area contributed by atoms with Crippen molar-refractivity contribution >= 4 is 35.1 Å². The first-order valence-electron chi connectivity index (χ1n) is 7.23. The Morgan fingerprint density at radius 1 is 1.38 bits per heavy atom. The zero-order valence-corrected chi connectivity index (χ0v) is 14.5. The summed E-state index contributed by atoms with van der Waals surface area (Å²) in [6.45, 7) is 1.35. The number of hydrogen-bond acceptors (Lipinski definition) is 7. The first-order valence-corrected chi connectivity index (χ1v) is 9.20. The van der Waals surface area contributed by atoms with E-state index in [1.54, 1.807) is 40.4 Å². The van der Waals surface area contributed by atoms with Gasteiger partial charge in [0.15, 0.2) is 5.16 Å². The van der Waals surface area contributed by atoms with Gasteiger partial charge >= 0.3 is 0 Å². The molecule has 0 aliphatic carbocycles. The van der Waals surface area contributed by atoms with Gasteiger partial charge in [-0.3, -0.25) is 14.9 Å². The first kappa shape index (κ1) is 16.8. The minimum atomic E-state index is -0.471. The van der Waals surface area contributed by atoms with Crippen molar-refractivity contribution in [3.63, 3.8) is 0 Å². The largest absolute Gasteiger partial charge is 0.337 e. The van der Waals surface area contributed by atoms with E-state index in [0.29, 0.717) is 28.7 Å². The summed E-state index contributed by atoms with van der Waals surface area (Å²) in [6.07, 6.45) is 1.53. The highest BCUT2D eigenvalue weighted by Gasteiger charge is 2.23. The molecule has 2 aromatic rings. The standard InChI is InChI=1S/C14H15N5O3S2/c1-17-9-15-16-14(17)24-12-3-2-10(8-11(12)19(21)22)13(20)18-4-6-23-7-5-18/h2-3,8-9H,4-7H2,1H3. The van der Waals surface area contributed by atoms with E-state index < -0.39 is 4.92 Å². The van der Waals surface area contributed by atoms with Crippen LogP contribution in [0, 0.1) is 10.1 Å². The molecule has 0 spiro atoms. The van der Waals surface area contributed by atoms with Crippen LogP contribution in [0.2, 0.25) is 0 Å². The number of amides is 1. The van der Waals surface area contributed by atoms with Crippen molar-refractivity contribution < 1.29 is 9.72 Å². The van der Waals surface area contributed by atoms with E-state index in [1.165, 1.54) is 12.4 Å². The molecular formula is C14H15N5O3S2. The van der Waals surface area contributed by atoms with E-state index in [2.05, 4.69) is 10.2 Å². The second-order valence-electron chi connectivity index (χ2n) is 5.17. The zero-order chi connectivity index (χ0) is 17.1. The van der Waals surface area contributed by atoms with Gasteiger partial charge in [-0.15, -0.1) is 10.2 Å². The SMILES string of the molecule is Cn1cnnc1Sc1ccc(C(=O)N2CCSCC2)cc1[N+](=O)[O-]. The molecule has 10 heteroatoms. The Hall–Kier alpha value is -2.07. The van der Waals surface area contributed by atoms with Gasteiger partial charge in [-0.25, -0.2) is 0 Å². The van der Waals surface area contributed by atoms with E-state index in [9.17, 15) is 14.9 Å². The van der Waals surface area contributed by atoms with Gasteiger partial charge in [0.1, 0.15) is 6.33 Å². The molecule has 0 unspecified atom stereocenters. The molecule has 0 atom stereocenters. The summed E-state index contributed by atoms with van der Waals surface area (Å²) in [6, 6.07) is 4.59. The van der Waals surface area contributed by atoms with Crippen molar-refractivity contribution in [3.8, 4) is 0 Å². The molecule has 2 heterocycles. The number of thioether (sulfide) groups is 1. The number of rotatable bonds is 4. The minimum Gasteiger partial charge on any atom is -0.337 e. The molecule has 0 saturated carbocycles. The third-order valence-corrected chi connectivity index (χ3v) is 5.63. The van der Waals surface area contributed by atoms with Gasteiger partial charge in [-0.1, -0.05) is 0 Å². The molecule has 1 aromatic carbocycles. The number of aromatic nitrogens is 3. The molecule has 8 nitrogen and oxygen atoms in total. The van der Waals surface area contributed by atoms with Crippen LogP contribution in [-0.4, -0.2) is 55.1 Å². The van der Waals surface area contributed by atoms with E-state index >= 15 is 0 Å². The number of carbonyl (C=O) groups is 1. The smallest absolute Gasteiger partial charge is 0.284 e.